The number of methoxy groups -OCH3 is 1. The van der Waals surface area contributed by atoms with Gasteiger partial charge in [0.25, 0.3) is 0 Å². The number of esters is 1. The fraction of sp³-hybridized carbons (Fsp3) is 0.375. The summed E-state index contributed by atoms with van der Waals surface area (Å²) in [6, 6.07) is 7.57. The zero-order valence-corrected chi connectivity index (χ0v) is 14.3. The molecule has 8 nitrogen and oxygen atoms in total. The van der Waals surface area contributed by atoms with Crippen LogP contribution in [0.5, 0.6) is 5.75 Å². The van der Waals surface area contributed by atoms with E-state index in [0.717, 1.165) is 11.3 Å². The highest BCUT2D eigenvalue weighted by molar-refractivity contribution is 6.15. The molecule has 24 heavy (non-hydrogen) atoms. The van der Waals surface area contributed by atoms with E-state index in [0.29, 0.717) is 6.54 Å². The van der Waals surface area contributed by atoms with E-state index >= 15 is 0 Å². The zero-order valence-electron chi connectivity index (χ0n) is 14.3. The predicted octanol–water partition coefficient (Wildman–Crippen LogP) is 1.20. The smallest absolute Gasteiger partial charge is 0.343 e. The number of carbonyl (C=O) groups is 1. The minimum absolute atomic E-state index is 0.232. The van der Waals surface area contributed by atoms with Crippen LogP contribution in [0, 0.1) is 0 Å². The average molecular weight is 331 g/mol. The molecule has 0 atom stereocenters. The molecule has 8 heteroatoms. The number of hydrogen-bond donors (Lipinski definition) is 0. The Morgan fingerprint density at radius 3 is 2.58 bits per heavy atom. The van der Waals surface area contributed by atoms with Crippen LogP contribution >= 0.6 is 0 Å². The molecule has 128 valence electrons. The fourth-order valence-corrected chi connectivity index (χ4v) is 1.98. The van der Waals surface area contributed by atoms with Crippen LogP contribution in [0.1, 0.15) is 18.3 Å². The van der Waals surface area contributed by atoms with Crippen molar-refractivity contribution in [3.8, 4) is 5.75 Å². The summed E-state index contributed by atoms with van der Waals surface area (Å²) in [6.07, 6.45) is 1.62. The molecule has 2 rings (SSSR count). The summed E-state index contributed by atoms with van der Waals surface area (Å²) in [7, 11) is 5.23. The van der Waals surface area contributed by atoms with Crippen molar-refractivity contribution in [2.75, 3.05) is 27.8 Å². The van der Waals surface area contributed by atoms with Crippen LogP contribution in [0.4, 0.5) is 0 Å². The number of aromatic nitrogens is 4. The van der Waals surface area contributed by atoms with Gasteiger partial charge in [0.05, 0.1) is 20.3 Å². The third-order valence-electron chi connectivity index (χ3n) is 3.06. The van der Waals surface area contributed by atoms with Crippen LogP contribution in [-0.2, 0) is 16.1 Å². The first-order valence-corrected chi connectivity index (χ1v) is 7.50. The van der Waals surface area contributed by atoms with Crippen molar-refractivity contribution in [1.82, 2.24) is 25.1 Å². The quantitative estimate of drug-likeness (QED) is 0.557. The summed E-state index contributed by atoms with van der Waals surface area (Å²) in [5.74, 6) is 0.537. The van der Waals surface area contributed by atoms with Gasteiger partial charge in [0.1, 0.15) is 11.3 Å². The summed E-state index contributed by atoms with van der Waals surface area (Å²) < 4.78 is 10.2. The number of rotatable bonds is 7. The van der Waals surface area contributed by atoms with Crippen molar-refractivity contribution >= 4 is 11.5 Å². The van der Waals surface area contributed by atoms with Gasteiger partial charge in [-0.2, -0.15) is 4.80 Å². The normalized spacial score (nSPS) is 11.2. The minimum atomic E-state index is -0.477. The van der Waals surface area contributed by atoms with Crippen molar-refractivity contribution in [2.24, 2.45) is 0 Å². The third kappa shape index (κ3) is 4.55. The monoisotopic (exact) mass is 331 g/mol. The van der Waals surface area contributed by atoms with Gasteiger partial charge in [-0.05, 0) is 29.8 Å². The SMILES string of the molecule is CCOC(=O)C(=CN(C)C)c1nnn(Cc2ccc(OC)cc2)n1. The Morgan fingerprint density at radius 1 is 1.29 bits per heavy atom. The van der Waals surface area contributed by atoms with Gasteiger partial charge in [-0.1, -0.05) is 12.1 Å². The number of ether oxygens (including phenoxy) is 2. The molecule has 0 aliphatic carbocycles. The lowest BCUT2D eigenvalue weighted by Gasteiger charge is -2.08. The molecular formula is C16H21N5O3. The topological polar surface area (TPSA) is 82.4 Å². The highest BCUT2D eigenvalue weighted by Gasteiger charge is 2.19. The molecule has 0 bridgehead atoms. The first-order chi connectivity index (χ1) is 11.5. The molecule has 1 heterocycles. The minimum Gasteiger partial charge on any atom is -0.497 e. The Bertz CT molecular complexity index is 707. The molecule has 0 radical (unpaired) electrons. The van der Waals surface area contributed by atoms with E-state index in [2.05, 4.69) is 15.4 Å². The van der Waals surface area contributed by atoms with E-state index in [9.17, 15) is 4.79 Å². The second-order valence-corrected chi connectivity index (χ2v) is 5.22. The van der Waals surface area contributed by atoms with Crippen LogP contribution in [0.25, 0.3) is 5.57 Å². The Hall–Kier alpha value is -2.90. The molecular weight excluding hydrogens is 310 g/mol. The first kappa shape index (κ1) is 17.5. The maximum Gasteiger partial charge on any atom is 0.343 e. The Balaban J connectivity index is 2.18. The van der Waals surface area contributed by atoms with Gasteiger partial charge >= 0.3 is 5.97 Å². The lowest BCUT2D eigenvalue weighted by atomic mass is 10.2. The van der Waals surface area contributed by atoms with E-state index < -0.39 is 5.97 Å². The van der Waals surface area contributed by atoms with Gasteiger partial charge < -0.3 is 14.4 Å². The molecule has 1 aromatic heterocycles. The Kier molecular flexibility index (Phi) is 5.89. The summed E-state index contributed by atoms with van der Waals surface area (Å²) in [5.41, 5.74) is 1.26. The summed E-state index contributed by atoms with van der Waals surface area (Å²) in [4.78, 5) is 15.2. The summed E-state index contributed by atoms with van der Waals surface area (Å²) >= 11 is 0. The lowest BCUT2D eigenvalue weighted by Crippen LogP contribution is -2.13. The van der Waals surface area contributed by atoms with Crippen LogP contribution in [0.2, 0.25) is 0 Å². The number of benzene rings is 1. The lowest BCUT2D eigenvalue weighted by molar-refractivity contribution is -0.136. The van der Waals surface area contributed by atoms with Crippen molar-refractivity contribution < 1.29 is 14.3 Å². The van der Waals surface area contributed by atoms with Gasteiger partial charge in [-0.25, -0.2) is 4.79 Å². The second-order valence-electron chi connectivity index (χ2n) is 5.22. The maximum atomic E-state index is 12.1. The van der Waals surface area contributed by atoms with Gasteiger partial charge in [-0.3, -0.25) is 0 Å². The fourth-order valence-electron chi connectivity index (χ4n) is 1.98. The second kappa shape index (κ2) is 8.09. The third-order valence-corrected chi connectivity index (χ3v) is 3.06. The van der Waals surface area contributed by atoms with Gasteiger partial charge in [0.2, 0.25) is 5.82 Å². The highest BCUT2D eigenvalue weighted by atomic mass is 16.5. The summed E-state index contributed by atoms with van der Waals surface area (Å²) in [6.45, 7) is 2.47. The van der Waals surface area contributed by atoms with E-state index in [1.165, 1.54) is 4.80 Å². The van der Waals surface area contributed by atoms with Crippen LogP contribution in [0.3, 0.4) is 0 Å². The van der Waals surface area contributed by atoms with Crippen LogP contribution in [-0.4, -0.2) is 58.9 Å². The standard InChI is InChI=1S/C16H21N5O3/c1-5-24-16(22)14(11-20(2)3)15-17-19-21(18-15)10-12-6-8-13(23-4)9-7-12/h6-9,11H,5,10H2,1-4H3. The zero-order chi connectivity index (χ0) is 17.5. The number of nitrogens with zero attached hydrogens (tertiary/aromatic N) is 5. The van der Waals surface area contributed by atoms with Crippen molar-refractivity contribution in [1.29, 1.82) is 0 Å². The van der Waals surface area contributed by atoms with Gasteiger partial charge in [0, 0.05) is 20.3 Å². The number of hydrogen-bond acceptors (Lipinski definition) is 7. The van der Waals surface area contributed by atoms with E-state index in [4.69, 9.17) is 9.47 Å². The Morgan fingerprint density at radius 2 is 2.00 bits per heavy atom. The van der Waals surface area contributed by atoms with E-state index in [1.807, 2.05) is 24.3 Å². The van der Waals surface area contributed by atoms with Gasteiger partial charge in [0.15, 0.2) is 0 Å². The van der Waals surface area contributed by atoms with Crippen molar-refractivity contribution in [2.45, 2.75) is 13.5 Å². The highest BCUT2D eigenvalue weighted by Crippen LogP contribution is 2.14. The van der Waals surface area contributed by atoms with Crippen molar-refractivity contribution in [3.63, 3.8) is 0 Å². The molecule has 0 spiro atoms. The van der Waals surface area contributed by atoms with E-state index in [1.54, 1.807) is 39.2 Å². The molecule has 0 saturated carbocycles. The van der Waals surface area contributed by atoms with Crippen LogP contribution < -0.4 is 4.74 Å². The molecule has 0 aliphatic heterocycles. The predicted molar refractivity (Wildman–Crippen MR) is 88.2 cm³/mol. The first-order valence-electron chi connectivity index (χ1n) is 7.50. The van der Waals surface area contributed by atoms with E-state index in [-0.39, 0.29) is 18.0 Å². The van der Waals surface area contributed by atoms with Crippen LogP contribution in [0.15, 0.2) is 30.5 Å². The molecule has 0 saturated heterocycles. The molecule has 0 N–H and O–H groups in total. The maximum absolute atomic E-state index is 12.1. The number of tetrazole rings is 1. The molecule has 0 amide bonds. The molecule has 0 aliphatic rings. The largest absolute Gasteiger partial charge is 0.497 e. The van der Waals surface area contributed by atoms with Gasteiger partial charge in [-0.15, -0.1) is 10.2 Å². The molecule has 2 aromatic rings. The average Bonchev–Trinajstić information content (AvgIpc) is 3.01. The summed E-state index contributed by atoms with van der Waals surface area (Å²) in [5, 5.41) is 12.2. The van der Waals surface area contributed by atoms with Crippen molar-refractivity contribution in [3.05, 3.63) is 41.9 Å². The number of carbonyl (C=O) groups excluding carboxylic acids is 1. The molecule has 1 aromatic carbocycles. The molecule has 0 fully saturated rings. The Labute approximate surface area is 140 Å². The molecule has 0 unspecified atom stereocenters.